The van der Waals surface area contributed by atoms with E-state index in [1.807, 2.05) is 30.3 Å². The number of benzene rings is 2. The average Bonchev–Trinajstić information content (AvgIpc) is 2.98. The van der Waals surface area contributed by atoms with Crippen molar-refractivity contribution in [2.24, 2.45) is 17.6 Å². The summed E-state index contributed by atoms with van der Waals surface area (Å²) >= 11 is 0. The third-order valence-corrected chi connectivity index (χ3v) is 8.43. The first kappa shape index (κ1) is 31.9. The number of methoxy groups -OCH3 is 2. The number of ether oxygens (including phenoxy) is 3. The number of hydrogen-bond acceptors (Lipinski definition) is 6. The molecular weight excluding hydrogens is 504 g/mol. The zero-order valence-electron chi connectivity index (χ0n) is 24.9. The molecule has 1 aliphatic rings. The zero-order valence-corrected chi connectivity index (χ0v) is 24.9. The smallest absolute Gasteiger partial charge is 0.230 e. The molecule has 0 saturated heterocycles. The molecule has 2 aromatic rings. The van der Waals surface area contributed by atoms with Gasteiger partial charge in [-0.25, -0.2) is 0 Å². The molecule has 0 spiro atoms. The topological polar surface area (TPSA) is 103 Å². The van der Waals surface area contributed by atoms with Crippen LogP contribution in [0.15, 0.2) is 48.5 Å². The lowest BCUT2D eigenvalue weighted by molar-refractivity contribution is -0.128. The van der Waals surface area contributed by atoms with Crippen molar-refractivity contribution < 1.29 is 24.1 Å². The van der Waals surface area contributed by atoms with Crippen LogP contribution in [0.4, 0.5) is 0 Å². The van der Waals surface area contributed by atoms with Crippen LogP contribution in [-0.2, 0) is 21.4 Å². The van der Waals surface area contributed by atoms with Crippen molar-refractivity contribution in [1.29, 1.82) is 0 Å². The summed E-state index contributed by atoms with van der Waals surface area (Å²) in [4.78, 5) is 13.5. The molecule has 7 nitrogen and oxygen atoms in total. The van der Waals surface area contributed by atoms with Crippen LogP contribution in [0.25, 0.3) is 0 Å². The summed E-state index contributed by atoms with van der Waals surface area (Å²) in [6.07, 6.45) is 6.32. The highest BCUT2D eigenvalue weighted by molar-refractivity contribution is 5.88. The maximum atomic E-state index is 13.5. The van der Waals surface area contributed by atoms with E-state index >= 15 is 0 Å². The van der Waals surface area contributed by atoms with Crippen LogP contribution in [0.2, 0.25) is 0 Å². The van der Waals surface area contributed by atoms with Gasteiger partial charge in [0.05, 0.1) is 25.2 Å². The van der Waals surface area contributed by atoms with E-state index in [4.69, 9.17) is 19.9 Å². The molecule has 222 valence electrons. The predicted octanol–water partition coefficient (Wildman–Crippen LogP) is 5.02. The molecule has 1 saturated carbocycles. The normalized spacial score (nSPS) is 17.2. The SMILES string of the molecule is COCCCOc1cc(CC(CC(N)C(O)CNC(=O)C2(c3ccccc3)CCCCC2)C(C)C)ccc1OC. The Morgan fingerprint density at radius 1 is 1.02 bits per heavy atom. The molecule has 2 aromatic carbocycles. The molecule has 7 heteroatoms. The molecule has 0 radical (unpaired) electrons. The fraction of sp³-hybridized carbons (Fsp3) is 0.606. The zero-order chi connectivity index (χ0) is 29.0. The molecule has 0 bridgehead atoms. The first-order chi connectivity index (χ1) is 19.3. The number of carbonyl (C=O) groups excluding carboxylic acids is 1. The molecule has 0 heterocycles. The van der Waals surface area contributed by atoms with Crippen LogP contribution in [0.1, 0.15) is 69.9 Å². The summed E-state index contributed by atoms with van der Waals surface area (Å²) in [5.41, 5.74) is 8.20. The van der Waals surface area contributed by atoms with Gasteiger partial charge in [0.15, 0.2) is 11.5 Å². The lowest BCUT2D eigenvalue weighted by Gasteiger charge is -2.37. The molecule has 0 aromatic heterocycles. The van der Waals surface area contributed by atoms with Crippen molar-refractivity contribution >= 4 is 5.91 Å². The van der Waals surface area contributed by atoms with Gasteiger partial charge in [-0.15, -0.1) is 0 Å². The maximum Gasteiger partial charge on any atom is 0.230 e. The van der Waals surface area contributed by atoms with Gasteiger partial charge in [0, 0.05) is 32.7 Å². The van der Waals surface area contributed by atoms with Crippen LogP contribution >= 0.6 is 0 Å². The number of nitrogens with two attached hydrogens (primary N) is 1. The summed E-state index contributed by atoms with van der Waals surface area (Å²) in [6, 6.07) is 15.7. The number of carbonyl (C=O) groups is 1. The molecule has 3 atom stereocenters. The molecule has 3 rings (SSSR count). The number of aliphatic hydroxyl groups is 1. The fourth-order valence-corrected chi connectivity index (χ4v) is 5.82. The van der Waals surface area contributed by atoms with Crippen LogP contribution < -0.4 is 20.5 Å². The number of hydrogen-bond donors (Lipinski definition) is 3. The molecule has 40 heavy (non-hydrogen) atoms. The lowest BCUT2D eigenvalue weighted by atomic mass is 9.68. The monoisotopic (exact) mass is 554 g/mol. The number of aliphatic hydroxyl groups excluding tert-OH is 1. The molecule has 3 unspecified atom stereocenters. The summed E-state index contributed by atoms with van der Waals surface area (Å²) in [5, 5.41) is 14.0. The second-order valence-corrected chi connectivity index (χ2v) is 11.6. The van der Waals surface area contributed by atoms with E-state index in [2.05, 4.69) is 37.4 Å². The Morgan fingerprint density at radius 3 is 2.40 bits per heavy atom. The summed E-state index contributed by atoms with van der Waals surface area (Å²) < 4.78 is 16.6. The molecule has 1 fully saturated rings. The lowest BCUT2D eigenvalue weighted by Crippen LogP contribution is -2.50. The van der Waals surface area contributed by atoms with Gasteiger partial charge in [-0.3, -0.25) is 4.79 Å². The van der Waals surface area contributed by atoms with Crippen molar-refractivity contribution in [1.82, 2.24) is 5.32 Å². The minimum absolute atomic E-state index is 0.00122. The Balaban J connectivity index is 1.60. The van der Waals surface area contributed by atoms with Gasteiger partial charge >= 0.3 is 0 Å². The van der Waals surface area contributed by atoms with Gasteiger partial charge in [-0.2, -0.15) is 0 Å². The largest absolute Gasteiger partial charge is 0.493 e. The Kier molecular flexibility index (Phi) is 12.8. The van der Waals surface area contributed by atoms with Crippen molar-refractivity contribution in [3.63, 3.8) is 0 Å². The number of amides is 1. The third-order valence-electron chi connectivity index (χ3n) is 8.43. The van der Waals surface area contributed by atoms with Crippen LogP contribution in [0, 0.1) is 11.8 Å². The van der Waals surface area contributed by atoms with Gasteiger partial charge in [0.25, 0.3) is 0 Å². The molecule has 1 aliphatic carbocycles. The number of rotatable bonds is 16. The Hall–Kier alpha value is -2.61. The molecule has 1 amide bonds. The molecule has 0 aliphatic heterocycles. The van der Waals surface area contributed by atoms with Crippen LogP contribution in [0.3, 0.4) is 0 Å². The van der Waals surface area contributed by atoms with Crippen molar-refractivity contribution in [3.8, 4) is 11.5 Å². The van der Waals surface area contributed by atoms with E-state index < -0.39 is 17.6 Å². The van der Waals surface area contributed by atoms with E-state index in [1.54, 1.807) is 14.2 Å². The quantitative estimate of drug-likeness (QED) is 0.252. The van der Waals surface area contributed by atoms with E-state index in [0.29, 0.717) is 31.3 Å². The second kappa shape index (κ2) is 16.0. The summed E-state index contributed by atoms with van der Waals surface area (Å²) in [5.74, 6) is 2.05. The van der Waals surface area contributed by atoms with Gasteiger partial charge in [-0.1, -0.05) is 69.5 Å². The Morgan fingerprint density at radius 2 is 1.75 bits per heavy atom. The summed E-state index contributed by atoms with van der Waals surface area (Å²) in [7, 11) is 3.32. The van der Waals surface area contributed by atoms with E-state index in [0.717, 1.165) is 61.8 Å². The minimum atomic E-state index is -0.822. The van der Waals surface area contributed by atoms with Crippen LogP contribution in [-0.4, -0.2) is 57.1 Å². The highest BCUT2D eigenvalue weighted by Gasteiger charge is 2.41. The van der Waals surface area contributed by atoms with E-state index in [-0.39, 0.29) is 18.4 Å². The highest BCUT2D eigenvalue weighted by Crippen LogP contribution is 2.39. The fourth-order valence-electron chi connectivity index (χ4n) is 5.82. The molecule has 4 N–H and O–H groups in total. The molecular formula is C33H50N2O5. The van der Waals surface area contributed by atoms with Crippen molar-refractivity contribution in [2.45, 2.75) is 82.8 Å². The second-order valence-electron chi connectivity index (χ2n) is 11.6. The van der Waals surface area contributed by atoms with Gasteiger partial charge in [0.1, 0.15) is 0 Å². The van der Waals surface area contributed by atoms with Crippen molar-refractivity contribution in [2.75, 3.05) is 34.0 Å². The third kappa shape index (κ3) is 8.69. The highest BCUT2D eigenvalue weighted by atomic mass is 16.5. The minimum Gasteiger partial charge on any atom is -0.493 e. The average molecular weight is 555 g/mol. The van der Waals surface area contributed by atoms with Crippen molar-refractivity contribution in [3.05, 3.63) is 59.7 Å². The Labute approximate surface area is 240 Å². The van der Waals surface area contributed by atoms with Gasteiger partial charge in [0.2, 0.25) is 5.91 Å². The first-order valence-electron chi connectivity index (χ1n) is 14.9. The number of nitrogens with one attached hydrogen (secondary N) is 1. The van der Waals surface area contributed by atoms with Gasteiger partial charge < -0.3 is 30.4 Å². The summed E-state index contributed by atoms with van der Waals surface area (Å²) in [6.45, 7) is 5.72. The first-order valence-corrected chi connectivity index (χ1v) is 14.9. The standard InChI is InChI=1S/C33H50N2O5/c1-24(2)26(20-25-14-15-30(39-4)31(21-25)40-19-11-18-38-3)22-28(34)29(36)23-35-32(37)33(16-9-6-10-17-33)27-12-7-5-8-13-27/h5,7-8,12-15,21,24,26,28-29,36H,6,9-11,16-20,22-23,34H2,1-4H3,(H,35,37). The maximum absolute atomic E-state index is 13.5. The van der Waals surface area contributed by atoms with E-state index in [9.17, 15) is 9.90 Å². The van der Waals surface area contributed by atoms with Crippen LogP contribution in [0.5, 0.6) is 11.5 Å². The van der Waals surface area contributed by atoms with E-state index in [1.165, 1.54) is 0 Å². The van der Waals surface area contributed by atoms with Gasteiger partial charge in [-0.05, 0) is 60.8 Å². The Bertz CT molecular complexity index is 1020. The predicted molar refractivity (Wildman–Crippen MR) is 160 cm³/mol.